The number of nitrogens with one attached hydrogen (secondary N) is 1. The molecule has 1 rings (SSSR count). The van der Waals surface area contributed by atoms with Gasteiger partial charge in [0.2, 0.25) is 0 Å². The lowest BCUT2D eigenvalue weighted by Gasteiger charge is -2.22. The van der Waals surface area contributed by atoms with Crippen molar-refractivity contribution in [1.29, 1.82) is 0 Å². The van der Waals surface area contributed by atoms with E-state index in [4.69, 9.17) is 0 Å². The zero-order chi connectivity index (χ0) is 11.3. The second-order valence-electron chi connectivity index (χ2n) is 5.37. The molecule has 0 saturated carbocycles. The van der Waals surface area contributed by atoms with E-state index in [2.05, 4.69) is 50.6 Å². The number of hydrogen-bond acceptors (Lipinski definition) is 2. The van der Waals surface area contributed by atoms with E-state index in [-0.39, 0.29) is 0 Å². The number of hydrogen-bond donors (Lipinski definition) is 1. The fourth-order valence-electron chi connectivity index (χ4n) is 1.63. The Morgan fingerprint density at radius 3 is 2.60 bits per heavy atom. The van der Waals surface area contributed by atoms with Crippen molar-refractivity contribution in [2.75, 3.05) is 7.05 Å². The van der Waals surface area contributed by atoms with Gasteiger partial charge in [0.25, 0.3) is 0 Å². The highest BCUT2D eigenvalue weighted by molar-refractivity contribution is 7.09. The molecule has 0 spiro atoms. The smallest absolute Gasteiger partial charge is 0.0112 e. The molecule has 0 aliphatic heterocycles. The van der Waals surface area contributed by atoms with Gasteiger partial charge in [-0.25, -0.2) is 0 Å². The Kier molecular flexibility index (Phi) is 4.81. The minimum atomic E-state index is 0.449. The van der Waals surface area contributed by atoms with E-state index in [1.807, 2.05) is 11.3 Å². The molecule has 0 aliphatic carbocycles. The quantitative estimate of drug-likeness (QED) is 0.805. The Bertz CT molecular complexity index is 259. The van der Waals surface area contributed by atoms with Crippen LogP contribution in [0.2, 0.25) is 0 Å². The lowest BCUT2D eigenvalue weighted by Crippen LogP contribution is -2.28. The zero-order valence-corrected chi connectivity index (χ0v) is 11.2. The Balaban J connectivity index is 2.36. The van der Waals surface area contributed by atoms with Gasteiger partial charge >= 0.3 is 0 Å². The number of rotatable bonds is 5. The minimum Gasteiger partial charge on any atom is -0.317 e. The van der Waals surface area contributed by atoms with Crippen LogP contribution in [0.15, 0.2) is 17.5 Å². The van der Waals surface area contributed by atoms with Gasteiger partial charge in [0.1, 0.15) is 0 Å². The van der Waals surface area contributed by atoms with Crippen LogP contribution in [0, 0.1) is 5.41 Å². The molecule has 0 bridgehead atoms. The van der Waals surface area contributed by atoms with Gasteiger partial charge < -0.3 is 5.32 Å². The van der Waals surface area contributed by atoms with Gasteiger partial charge in [0.05, 0.1) is 0 Å². The van der Waals surface area contributed by atoms with E-state index in [1.54, 1.807) is 0 Å². The molecule has 0 aromatic carbocycles. The van der Waals surface area contributed by atoms with Crippen LogP contribution in [-0.2, 0) is 6.42 Å². The molecule has 2 heteroatoms. The molecule has 0 saturated heterocycles. The maximum atomic E-state index is 3.42. The van der Waals surface area contributed by atoms with E-state index in [9.17, 15) is 0 Å². The minimum absolute atomic E-state index is 0.449. The van der Waals surface area contributed by atoms with E-state index in [0.717, 1.165) is 0 Å². The summed E-state index contributed by atoms with van der Waals surface area (Å²) in [5.41, 5.74) is 0.449. The second-order valence-corrected chi connectivity index (χ2v) is 6.40. The van der Waals surface area contributed by atoms with Crippen LogP contribution in [0.4, 0.5) is 0 Å². The van der Waals surface area contributed by atoms with E-state index >= 15 is 0 Å². The summed E-state index contributed by atoms with van der Waals surface area (Å²) in [5.74, 6) is 0. The van der Waals surface area contributed by atoms with Crippen molar-refractivity contribution < 1.29 is 0 Å². The molecule has 0 amide bonds. The molecular formula is C13H23NS. The summed E-state index contributed by atoms with van der Waals surface area (Å²) < 4.78 is 0. The maximum absolute atomic E-state index is 3.42. The van der Waals surface area contributed by atoms with Crippen molar-refractivity contribution in [3.8, 4) is 0 Å². The van der Waals surface area contributed by atoms with Crippen molar-refractivity contribution in [1.82, 2.24) is 5.32 Å². The van der Waals surface area contributed by atoms with Gasteiger partial charge in [-0.3, -0.25) is 0 Å². The van der Waals surface area contributed by atoms with Crippen molar-refractivity contribution in [3.63, 3.8) is 0 Å². The Hall–Kier alpha value is -0.340. The molecule has 0 radical (unpaired) electrons. The third-order valence-electron chi connectivity index (χ3n) is 2.68. The normalized spacial score (nSPS) is 14.1. The van der Waals surface area contributed by atoms with Crippen LogP contribution in [0.1, 0.15) is 38.5 Å². The molecule has 1 N–H and O–H groups in total. The highest BCUT2D eigenvalue weighted by atomic mass is 32.1. The largest absolute Gasteiger partial charge is 0.317 e. The highest BCUT2D eigenvalue weighted by Gasteiger charge is 2.14. The topological polar surface area (TPSA) is 12.0 Å². The molecule has 0 aliphatic rings. The molecule has 1 heterocycles. The van der Waals surface area contributed by atoms with Crippen molar-refractivity contribution in [2.45, 2.75) is 46.1 Å². The summed E-state index contributed by atoms with van der Waals surface area (Å²) in [6, 6.07) is 4.99. The van der Waals surface area contributed by atoms with Gasteiger partial charge in [-0.05, 0) is 43.2 Å². The molecule has 1 unspecified atom stereocenters. The van der Waals surface area contributed by atoms with Crippen LogP contribution in [0.5, 0.6) is 0 Å². The standard InChI is InChI=1S/C13H23NS/c1-13(2,3)8-7-11(14-4)10-12-6-5-9-15-12/h5-6,9,11,14H,7-8,10H2,1-4H3. The Labute approximate surface area is 97.9 Å². The fourth-order valence-corrected chi connectivity index (χ4v) is 2.41. The molecule has 1 nitrogen and oxygen atoms in total. The van der Waals surface area contributed by atoms with E-state index in [1.165, 1.54) is 24.1 Å². The molecule has 0 fully saturated rings. The first kappa shape index (κ1) is 12.7. The van der Waals surface area contributed by atoms with Gasteiger partial charge in [0, 0.05) is 10.9 Å². The van der Waals surface area contributed by atoms with Crippen LogP contribution < -0.4 is 5.32 Å². The first-order valence-corrected chi connectivity index (χ1v) is 6.59. The van der Waals surface area contributed by atoms with E-state index < -0.39 is 0 Å². The summed E-state index contributed by atoms with van der Waals surface area (Å²) in [6.45, 7) is 6.93. The van der Waals surface area contributed by atoms with Crippen LogP contribution in [0.3, 0.4) is 0 Å². The SMILES string of the molecule is CNC(CCC(C)(C)C)Cc1cccs1. The van der Waals surface area contributed by atoms with Crippen LogP contribution in [-0.4, -0.2) is 13.1 Å². The summed E-state index contributed by atoms with van der Waals surface area (Å²) in [7, 11) is 2.07. The first-order valence-electron chi connectivity index (χ1n) is 5.71. The molecule has 1 aromatic rings. The Morgan fingerprint density at radius 2 is 2.13 bits per heavy atom. The zero-order valence-electron chi connectivity index (χ0n) is 10.3. The first-order chi connectivity index (χ1) is 7.01. The lowest BCUT2D eigenvalue weighted by molar-refractivity contribution is 0.335. The molecule has 15 heavy (non-hydrogen) atoms. The lowest BCUT2D eigenvalue weighted by atomic mass is 9.88. The summed E-state index contributed by atoms with van der Waals surface area (Å²) in [4.78, 5) is 1.49. The Morgan fingerprint density at radius 1 is 1.40 bits per heavy atom. The average Bonchev–Trinajstić information content (AvgIpc) is 2.63. The molecule has 1 aromatic heterocycles. The molecular weight excluding hydrogens is 202 g/mol. The summed E-state index contributed by atoms with van der Waals surface area (Å²) in [6.07, 6.45) is 3.71. The maximum Gasteiger partial charge on any atom is 0.0112 e. The molecule has 1 atom stereocenters. The van der Waals surface area contributed by atoms with Gasteiger partial charge in [-0.1, -0.05) is 26.8 Å². The monoisotopic (exact) mass is 225 g/mol. The van der Waals surface area contributed by atoms with Crippen molar-refractivity contribution in [3.05, 3.63) is 22.4 Å². The summed E-state index contributed by atoms with van der Waals surface area (Å²) >= 11 is 1.86. The predicted octanol–water partition coefficient (Wildman–Crippen LogP) is 3.70. The third-order valence-corrected chi connectivity index (χ3v) is 3.58. The van der Waals surface area contributed by atoms with Gasteiger partial charge in [-0.2, -0.15) is 0 Å². The second kappa shape index (κ2) is 5.66. The van der Waals surface area contributed by atoms with Gasteiger partial charge in [-0.15, -0.1) is 11.3 Å². The van der Waals surface area contributed by atoms with Gasteiger partial charge in [0.15, 0.2) is 0 Å². The van der Waals surface area contributed by atoms with Crippen molar-refractivity contribution in [2.24, 2.45) is 5.41 Å². The van der Waals surface area contributed by atoms with Crippen molar-refractivity contribution >= 4 is 11.3 Å². The highest BCUT2D eigenvalue weighted by Crippen LogP contribution is 2.23. The van der Waals surface area contributed by atoms with Crippen LogP contribution >= 0.6 is 11.3 Å². The average molecular weight is 225 g/mol. The summed E-state index contributed by atoms with van der Waals surface area (Å²) in [5, 5.41) is 5.58. The molecule has 86 valence electrons. The fraction of sp³-hybridized carbons (Fsp3) is 0.692. The van der Waals surface area contributed by atoms with Crippen LogP contribution in [0.25, 0.3) is 0 Å². The predicted molar refractivity (Wildman–Crippen MR) is 69.6 cm³/mol. The van der Waals surface area contributed by atoms with E-state index in [0.29, 0.717) is 11.5 Å². The number of thiophene rings is 1. The number of likely N-dealkylation sites (N-methyl/N-ethyl adjacent to an activating group) is 1. The third kappa shape index (κ3) is 5.33.